The smallest absolute Gasteiger partial charge is 0.251 e. The van der Waals surface area contributed by atoms with Crippen LogP contribution in [0.15, 0.2) is 36.5 Å². The number of carbonyl (C=O) groups excluding carboxylic acids is 1. The van der Waals surface area contributed by atoms with Gasteiger partial charge in [-0.1, -0.05) is 35.8 Å². The van der Waals surface area contributed by atoms with Crippen molar-refractivity contribution in [1.29, 1.82) is 0 Å². The van der Waals surface area contributed by atoms with Crippen LogP contribution in [0.5, 0.6) is 0 Å². The number of rotatable bonds is 4. The Morgan fingerprint density at radius 1 is 1.37 bits per heavy atom. The Kier molecular flexibility index (Phi) is 4.53. The van der Waals surface area contributed by atoms with E-state index in [0.29, 0.717) is 11.5 Å². The maximum atomic E-state index is 12.2. The lowest BCUT2D eigenvalue weighted by Crippen LogP contribution is -2.39. The molecule has 1 aromatic carbocycles. The number of hydrogen-bond donors (Lipinski definition) is 1. The molecule has 0 aliphatic carbocycles. The van der Waals surface area contributed by atoms with E-state index in [-0.39, 0.29) is 11.9 Å². The third-order valence-electron chi connectivity index (χ3n) is 3.15. The highest BCUT2D eigenvalue weighted by Gasteiger charge is 2.16. The second-order valence-electron chi connectivity index (χ2n) is 4.89. The summed E-state index contributed by atoms with van der Waals surface area (Å²) >= 11 is 3.43. The number of benzene rings is 1. The van der Waals surface area contributed by atoms with Crippen molar-refractivity contribution in [3.63, 3.8) is 0 Å². The lowest BCUT2D eigenvalue weighted by Gasteiger charge is -2.20. The third kappa shape index (κ3) is 3.32. The van der Waals surface area contributed by atoms with Crippen molar-refractivity contribution < 1.29 is 4.79 Å². The van der Waals surface area contributed by atoms with Crippen LogP contribution in [0, 0.1) is 5.92 Å². The van der Waals surface area contributed by atoms with Crippen LogP contribution in [-0.2, 0) is 0 Å². The predicted molar refractivity (Wildman–Crippen MR) is 81.6 cm³/mol. The Morgan fingerprint density at radius 3 is 2.84 bits per heavy atom. The highest BCUT2D eigenvalue weighted by molar-refractivity contribution is 9.09. The van der Waals surface area contributed by atoms with Gasteiger partial charge in [0.05, 0.1) is 5.52 Å². The summed E-state index contributed by atoms with van der Waals surface area (Å²) in [4.78, 5) is 16.5. The molecule has 2 aromatic rings. The van der Waals surface area contributed by atoms with Crippen LogP contribution >= 0.6 is 15.9 Å². The zero-order valence-corrected chi connectivity index (χ0v) is 12.6. The van der Waals surface area contributed by atoms with Gasteiger partial charge in [-0.25, -0.2) is 0 Å². The molecule has 2 rings (SSSR count). The van der Waals surface area contributed by atoms with Crippen molar-refractivity contribution in [2.45, 2.75) is 19.9 Å². The molecule has 0 aliphatic rings. The van der Waals surface area contributed by atoms with Gasteiger partial charge in [0.1, 0.15) is 0 Å². The zero-order chi connectivity index (χ0) is 13.8. The van der Waals surface area contributed by atoms with Crippen LogP contribution in [0.3, 0.4) is 0 Å². The largest absolute Gasteiger partial charge is 0.348 e. The summed E-state index contributed by atoms with van der Waals surface area (Å²) in [5.41, 5.74) is 1.58. The summed E-state index contributed by atoms with van der Waals surface area (Å²) in [6.45, 7) is 4.19. The minimum absolute atomic E-state index is 0.0381. The van der Waals surface area contributed by atoms with E-state index >= 15 is 0 Å². The third-order valence-corrected chi connectivity index (χ3v) is 3.85. The molecular formula is C15H17BrN2O. The van der Waals surface area contributed by atoms with Crippen LogP contribution in [0.1, 0.15) is 24.2 Å². The van der Waals surface area contributed by atoms with Gasteiger partial charge >= 0.3 is 0 Å². The lowest BCUT2D eigenvalue weighted by molar-refractivity contribution is 0.0932. The number of nitrogens with one attached hydrogen (secondary N) is 1. The summed E-state index contributed by atoms with van der Waals surface area (Å²) in [5.74, 6) is 0.356. The number of hydrogen-bond acceptors (Lipinski definition) is 2. The Bertz CT molecular complexity index is 583. The maximum absolute atomic E-state index is 12.2. The zero-order valence-electron chi connectivity index (χ0n) is 11.1. The van der Waals surface area contributed by atoms with Gasteiger partial charge in [0.25, 0.3) is 5.91 Å². The number of alkyl halides is 1. The standard InChI is InChI=1S/C15H17BrN2O/c1-10(2)14(9-16)18-15(19)12-5-6-13-11(8-12)4-3-7-17-13/h3-8,10,14H,9H2,1-2H3,(H,18,19). The number of pyridine rings is 1. The van der Waals surface area contributed by atoms with Gasteiger partial charge in [-0.3, -0.25) is 9.78 Å². The second kappa shape index (κ2) is 6.15. The van der Waals surface area contributed by atoms with Gasteiger partial charge in [-0.15, -0.1) is 0 Å². The Balaban J connectivity index is 2.21. The van der Waals surface area contributed by atoms with Crippen molar-refractivity contribution in [1.82, 2.24) is 10.3 Å². The molecule has 3 nitrogen and oxygen atoms in total. The molecule has 4 heteroatoms. The molecule has 1 aromatic heterocycles. The lowest BCUT2D eigenvalue weighted by atomic mass is 10.1. The van der Waals surface area contributed by atoms with Gasteiger partial charge < -0.3 is 5.32 Å². The van der Waals surface area contributed by atoms with Crippen LogP contribution in [0.4, 0.5) is 0 Å². The Morgan fingerprint density at radius 2 is 2.16 bits per heavy atom. The normalized spacial score (nSPS) is 12.6. The summed E-state index contributed by atoms with van der Waals surface area (Å²) < 4.78 is 0. The first-order valence-electron chi connectivity index (χ1n) is 6.33. The molecular weight excluding hydrogens is 304 g/mol. The first-order valence-corrected chi connectivity index (χ1v) is 7.45. The van der Waals surface area contributed by atoms with Crippen molar-refractivity contribution >= 4 is 32.7 Å². The van der Waals surface area contributed by atoms with E-state index in [1.165, 1.54) is 0 Å². The fourth-order valence-corrected chi connectivity index (χ4v) is 2.76. The molecule has 0 spiro atoms. The minimum Gasteiger partial charge on any atom is -0.348 e. The molecule has 1 N–H and O–H groups in total. The second-order valence-corrected chi connectivity index (χ2v) is 5.54. The van der Waals surface area contributed by atoms with Crippen molar-refractivity contribution in [3.8, 4) is 0 Å². The van der Waals surface area contributed by atoms with Crippen LogP contribution in [0.2, 0.25) is 0 Å². The Hall–Kier alpha value is -1.42. The minimum atomic E-state index is -0.0381. The Labute approximate surface area is 121 Å². The molecule has 0 saturated heterocycles. The molecule has 1 amide bonds. The topological polar surface area (TPSA) is 42.0 Å². The number of amides is 1. The first-order chi connectivity index (χ1) is 9.11. The molecule has 0 radical (unpaired) electrons. The predicted octanol–water partition coefficient (Wildman–Crippen LogP) is 3.38. The molecule has 100 valence electrons. The van der Waals surface area contributed by atoms with E-state index in [4.69, 9.17) is 0 Å². The van der Waals surface area contributed by atoms with Gasteiger partial charge in [0, 0.05) is 28.5 Å². The van der Waals surface area contributed by atoms with E-state index in [0.717, 1.165) is 16.2 Å². The summed E-state index contributed by atoms with van der Waals surface area (Å²) in [7, 11) is 0. The van der Waals surface area contributed by atoms with Gasteiger partial charge in [0.2, 0.25) is 0 Å². The molecule has 0 aliphatic heterocycles. The van der Waals surface area contributed by atoms with E-state index < -0.39 is 0 Å². The van der Waals surface area contributed by atoms with Crippen molar-refractivity contribution in [2.24, 2.45) is 5.92 Å². The maximum Gasteiger partial charge on any atom is 0.251 e. The number of aromatic nitrogens is 1. The van der Waals surface area contributed by atoms with Crippen molar-refractivity contribution in [2.75, 3.05) is 5.33 Å². The SMILES string of the molecule is CC(C)C(CBr)NC(=O)c1ccc2ncccc2c1. The molecule has 0 saturated carbocycles. The molecule has 0 fully saturated rings. The fraction of sp³-hybridized carbons (Fsp3) is 0.333. The summed E-state index contributed by atoms with van der Waals surface area (Å²) in [6.07, 6.45) is 1.75. The highest BCUT2D eigenvalue weighted by Crippen LogP contribution is 2.14. The first kappa shape index (κ1) is 14.0. The van der Waals surface area contributed by atoms with Crippen LogP contribution in [-0.4, -0.2) is 22.3 Å². The molecule has 19 heavy (non-hydrogen) atoms. The molecule has 1 unspecified atom stereocenters. The molecule has 0 bridgehead atoms. The molecule has 1 atom stereocenters. The van der Waals surface area contributed by atoms with E-state index in [1.54, 1.807) is 6.20 Å². The fourth-order valence-electron chi connectivity index (χ4n) is 1.85. The van der Waals surface area contributed by atoms with E-state index in [9.17, 15) is 4.79 Å². The number of nitrogens with zero attached hydrogens (tertiary/aromatic N) is 1. The average molecular weight is 321 g/mol. The van der Waals surface area contributed by atoms with Crippen molar-refractivity contribution in [3.05, 3.63) is 42.1 Å². The number of fused-ring (bicyclic) bond motifs is 1. The van der Waals surface area contributed by atoms with Crippen LogP contribution in [0.25, 0.3) is 10.9 Å². The molecule has 1 heterocycles. The van der Waals surface area contributed by atoms with Gasteiger partial charge in [-0.2, -0.15) is 0 Å². The highest BCUT2D eigenvalue weighted by atomic mass is 79.9. The van der Waals surface area contributed by atoms with Crippen LogP contribution < -0.4 is 5.32 Å². The summed E-state index contributed by atoms with van der Waals surface area (Å²) in [6, 6.07) is 9.54. The average Bonchev–Trinajstić information content (AvgIpc) is 2.43. The quantitative estimate of drug-likeness (QED) is 0.877. The number of carbonyl (C=O) groups is 1. The van der Waals surface area contributed by atoms with E-state index in [1.807, 2.05) is 30.3 Å². The number of halogens is 1. The van der Waals surface area contributed by atoms with E-state index in [2.05, 4.69) is 40.1 Å². The van der Waals surface area contributed by atoms with Gasteiger partial charge in [-0.05, 0) is 30.2 Å². The van der Waals surface area contributed by atoms with Gasteiger partial charge in [0.15, 0.2) is 0 Å². The summed E-state index contributed by atoms with van der Waals surface area (Å²) in [5, 5.41) is 4.78. The monoisotopic (exact) mass is 320 g/mol.